The highest BCUT2D eigenvalue weighted by atomic mass is 19.3. The lowest BCUT2D eigenvalue weighted by molar-refractivity contribution is 0.0455. The van der Waals surface area contributed by atoms with Crippen LogP contribution in [0.4, 0.5) is 8.78 Å². The number of nitrogens with one attached hydrogen (secondary N) is 1. The Kier molecular flexibility index (Phi) is 3.62. The first-order chi connectivity index (χ1) is 8.16. The molecule has 17 heavy (non-hydrogen) atoms. The Labute approximate surface area is 96.6 Å². The maximum Gasteiger partial charge on any atom is 0.276 e. The summed E-state index contributed by atoms with van der Waals surface area (Å²) in [5, 5.41) is 9.62. The van der Waals surface area contributed by atoms with Crippen LogP contribution in [0.2, 0.25) is 0 Å². The lowest BCUT2D eigenvalue weighted by atomic mass is 10.3. The van der Waals surface area contributed by atoms with E-state index in [4.69, 9.17) is 0 Å². The van der Waals surface area contributed by atoms with Gasteiger partial charge in [0.1, 0.15) is 0 Å². The molecule has 0 atom stereocenters. The standard InChI is InChI=1S/C9H13F2N5O/c10-8(11)6-15-1-3-16(4-2-15)9(17)7-5-12-14-13-7/h5,8H,1-4,6H2,(H,12,13,14). The molecule has 1 aliphatic heterocycles. The number of hydrogen-bond donors (Lipinski definition) is 1. The fourth-order valence-electron chi connectivity index (χ4n) is 1.80. The van der Waals surface area contributed by atoms with Gasteiger partial charge in [-0.25, -0.2) is 8.78 Å². The molecule has 94 valence electrons. The Bertz CT molecular complexity index is 361. The lowest BCUT2D eigenvalue weighted by Crippen LogP contribution is -2.49. The van der Waals surface area contributed by atoms with Crippen LogP contribution in [0.15, 0.2) is 6.20 Å². The topological polar surface area (TPSA) is 65.1 Å². The zero-order chi connectivity index (χ0) is 12.3. The molecule has 8 heteroatoms. The van der Waals surface area contributed by atoms with Gasteiger partial charge in [0.05, 0.1) is 12.7 Å². The third kappa shape index (κ3) is 2.96. The van der Waals surface area contributed by atoms with Gasteiger partial charge in [0.2, 0.25) is 0 Å². The molecule has 0 spiro atoms. The van der Waals surface area contributed by atoms with E-state index in [0.29, 0.717) is 26.2 Å². The van der Waals surface area contributed by atoms with E-state index >= 15 is 0 Å². The number of H-pyrrole nitrogens is 1. The molecule has 0 aromatic carbocycles. The van der Waals surface area contributed by atoms with Gasteiger partial charge in [0, 0.05) is 26.2 Å². The molecule has 0 aliphatic carbocycles. The quantitative estimate of drug-likeness (QED) is 0.802. The van der Waals surface area contributed by atoms with Crippen LogP contribution in [-0.2, 0) is 0 Å². The van der Waals surface area contributed by atoms with Gasteiger partial charge in [-0.05, 0) is 0 Å². The average molecular weight is 245 g/mol. The second kappa shape index (κ2) is 5.17. The largest absolute Gasteiger partial charge is 0.335 e. The van der Waals surface area contributed by atoms with Crippen LogP contribution >= 0.6 is 0 Å². The van der Waals surface area contributed by atoms with Crippen LogP contribution < -0.4 is 0 Å². The number of aromatic amines is 1. The number of alkyl halides is 2. The normalized spacial score (nSPS) is 17.7. The van der Waals surface area contributed by atoms with Crippen molar-refractivity contribution >= 4 is 5.91 Å². The van der Waals surface area contributed by atoms with E-state index in [1.54, 1.807) is 9.80 Å². The van der Waals surface area contributed by atoms with E-state index in [2.05, 4.69) is 15.4 Å². The van der Waals surface area contributed by atoms with Crippen molar-refractivity contribution in [2.24, 2.45) is 0 Å². The van der Waals surface area contributed by atoms with E-state index in [1.165, 1.54) is 6.20 Å². The second-order valence-corrected chi connectivity index (χ2v) is 3.84. The molecule has 0 bridgehead atoms. The van der Waals surface area contributed by atoms with Crippen molar-refractivity contribution in [3.63, 3.8) is 0 Å². The van der Waals surface area contributed by atoms with Gasteiger partial charge in [-0.3, -0.25) is 9.69 Å². The molecule has 1 amide bonds. The summed E-state index contributed by atoms with van der Waals surface area (Å²) < 4.78 is 24.3. The molecular formula is C9H13F2N5O. The van der Waals surface area contributed by atoms with Crippen molar-refractivity contribution in [3.8, 4) is 0 Å². The van der Waals surface area contributed by atoms with E-state index < -0.39 is 6.43 Å². The molecule has 6 nitrogen and oxygen atoms in total. The lowest BCUT2D eigenvalue weighted by Gasteiger charge is -2.33. The van der Waals surface area contributed by atoms with Crippen molar-refractivity contribution in [1.82, 2.24) is 25.2 Å². The van der Waals surface area contributed by atoms with Gasteiger partial charge in [0.25, 0.3) is 12.3 Å². The molecule has 1 aromatic rings. The number of carbonyl (C=O) groups is 1. The Morgan fingerprint density at radius 3 is 2.65 bits per heavy atom. The molecule has 0 radical (unpaired) electrons. The first-order valence-electron chi connectivity index (χ1n) is 5.32. The molecule has 1 fully saturated rings. The maximum absolute atomic E-state index is 12.2. The van der Waals surface area contributed by atoms with Gasteiger partial charge in [-0.2, -0.15) is 15.4 Å². The number of nitrogens with zero attached hydrogens (tertiary/aromatic N) is 4. The summed E-state index contributed by atoms with van der Waals surface area (Å²) in [6, 6.07) is 0. The first kappa shape index (κ1) is 11.9. The molecule has 2 rings (SSSR count). The fraction of sp³-hybridized carbons (Fsp3) is 0.667. The SMILES string of the molecule is O=C(c1cn[nH]n1)N1CCN(CC(F)F)CC1. The smallest absolute Gasteiger partial charge is 0.276 e. The van der Waals surface area contributed by atoms with Gasteiger partial charge in [-0.15, -0.1) is 0 Å². The Hall–Kier alpha value is -1.57. The molecule has 0 unspecified atom stereocenters. The van der Waals surface area contributed by atoms with E-state index in [9.17, 15) is 13.6 Å². The van der Waals surface area contributed by atoms with Crippen molar-refractivity contribution < 1.29 is 13.6 Å². The number of rotatable bonds is 3. The third-order valence-corrected chi connectivity index (χ3v) is 2.69. The number of carbonyl (C=O) groups excluding carboxylic acids is 1. The number of piperazine rings is 1. The van der Waals surface area contributed by atoms with Crippen LogP contribution in [0.3, 0.4) is 0 Å². The van der Waals surface area contributed by atoms with Crippen molar-refractivity contribution in [2.45, 2.75) is 6.43 Å². The van der Waals surface area contributed by atoms with Crippen molar-refractivity contribution in [1.29, 1.82) is 0 Å². The van der Waals surface area contributed by atoms with Crippen LogP contribution in [0.5, 0.6) is 0 Å². The van der Waals surface area contributed by atoms with Crippen LogP contribution in [0, 0.1) is 0 Å². The Morgan fingerprint density at radius 2 is 2.12 bits per heavy atom. The van der Waals surface area contributed by atoms with Crippen molar-refractivity contribution in [3.05, 3.63) is 11.9 Å². The summed E-state index contributed by atoms with van der Waals surface area (Å²) in [5.41, 5.74) is 0.257. The molecule has 0 saturated carbocycles. The van der Waals surface area contributed by atoms with Crippen LogP contribution in [0.1, 0.15) is 10.5 Å². The minimum Gasteiger partial charge on any atom is -0.335 e. The van der Waals surface area contributed by atoms with Crippen molar-refractivity contribution in [2.75, 3.05) is 32.7 Å². The van der Waals surface area contributed by atoms with Crippen LogP contribution in [0.25, 0.3) is 0 Å². The average Bonchev–Trinajstić information content (AvgIpc) is 2.82. The number of hydrogen-bond acceptors (Lipinski definition) is 4. The monoisotopic (exact) mass is 245 g/mol. The number of amides is 1. The molecular weight excluding hydrogens is 232 g/mol. The molecule has 1 aromatic heterocycles. The first-order valence-corrected chi connectivity index (χ1v) is 5.32. The van der Waals surface area contributed by atoms with Crippen LogP contribution in [-0.4, -0.2) is 70.3 Å². The Morgan fingerprint density at radius 1 is 1.41 bits per heavy atom. The predicted octanol–water partition coefficient (Wildman–Crippen LogP) is -0.172. The van der Waals surface area contributed by atoms with Gasteiger partial charge in [-0.1, -0.05) is 0 Å². The summed E-state index contributed by atoms with van der Waals surface area (Å²) in [6.07, 6.45) is -0.971. The number of aromatic nitrogens is 3. The molecule has 1 N–H and O–H groups in total. The summed E-state index contributed by atoms with van der Waals surface area (Å²) in [5.74, 6) is -0.213. The predicted molar refractivity (Wildman–Crippen MR) is 54.7 cm³/mol. The maximum atomic E-state index is 12.2. The van der Waals surface area contributed by atoms with Gasteiger partial charge in [0.15, 0.2) is 5.69 Å². The second-order valence-electron chi connectivity index (χ2n) is 3.84. The van der Waals surface area contributed by atoms with E-state index in [1.807, 2.05) is 0 Å². The minimum absolute atomic E-state index is 0.213. The summed E-state index contributed by atoms with van der Waals surface area (Å²) in [6.45, 7) is 1.59. The zero-order valence-electron chi connectivity index (χ0n) is 9.14. The summed E-state index contributed by atoms with van der Waals surface area (Å²) in [7, 11) is 0. The minimum atomic E-state index is -2.33. The molecule has 1 saturated heterocycles. The highest BCUT2D eigenvalue weighted by Gasteiger charge is 2.24. The Balaban J connectivity index is 1.85. The summed E-state index contributed by atoms with van der Waals surface area (Å²) in [4.78, 5) is 15.1. The molecule has 1 aliphatic rings. The van der Waals surface area contributed by atoms with Gasteiger partial charge >= 0.3 is 0 Å². The van der Waals surface area contributed by atoms with E-state index in [0.717, 1.165) is 0 Å². The highest BCUT2D eigenvalue weighted by Crippen LogP contribution is 2.07. The summed E-state index contributed by atoms with van der Waals surface area (Å²) >= 11 is 0. The third-order valence-electron chi connectivity index (χ3n) is 2.69. The number of halogens is 2. The van der Waals surface area contributed by atoms with Gasteiger partial charge < -0.3 is 4.90 Å². The molecule has 2 heterocycles. The zero-order valence-corrected chi connectivity index (χ0v) is 9.14. The highest BCUT2D eigenvalue weighted by molar-refractivity contribution is 5.91. The fourth-order valence-corrected chi connectivity index (χ4v) is 1.80. The van der Waals surface area contributed by atoms with E-state index in [-0.39, 0.29) is 18.1 Å².